The van der Waals surface area contributed by atoms with E-state index in [-0.39, 0.29) is 5.48 Å². The Morgan fingerprint density at radius 2 is 0.579 bits per heavy atom. The van der Waals surface area contributed by atoms with Crippen LogP contribution in [-0.2, 0) is 0 Å². The standard InChI is InChI=1S/C6H12N2.2ClHO4.H2O/c1-2-8-5-3-7(1)4-6-8;2*2-1(3,4)5;/h1-6H2;2*(H,2,3,4,5);1H2. The highest BCUT2D eigenvalue weighted by Crippen LogP contribution is 1.64. The van der Waals surface area contributed by atoms with Crippen molar-refractivity contribution in [2.45, 2.75) is 0 Å². The molecule has 4 N–H and O–H groups in total. The minimum absolute atomic E-state index is 0. The first-order valence-electron chi connectivity index (χ1n) is 4.86. The number of halogens is 2. The van der Waals surface area contributed by atoms with Crippen LogP contribution in [0.4, 0.5) is 0 Å². The fourth-order valence-electron chi connectivity index (χ4n) is 1.81. The topological polar surface area (TPSA) is 225 Å². The second kappa shape index (κ2) is 9.15. The van der Waals surface area contributed by atoms with E-state index in [2.05, 4.69) is 0 Å². The summed E-state index contributed by atoms with van der Waals surface area (Å²) in [6.07, 6.45) is 0. The van der Waals surface area contributed by atoms with Gasteiger partial charge >= 0.3 is 0 Å². The zero-order chi connectivity index (χ0) is 14.4. The molecule has 0 radical (unpaired) electrons. The fraction of sp³-hybridized carbons (Fsp3) is 1.00. The predicted octanol–water partition coefficient (Wildman–Crippen LogP) is -13.6. The highest BCUT2D eigenvalue weighted by molar-refractivity contribution is 4.43. The van der Waals surface area contributed by atoms with Gasteiger partial charge in [-0.1, -0.05) is 0 Å². The van der Waals surface area contributed by atoms with Crippen LogP contribution in [0.25, 0.3) is 0 Å². The molecular weight excluding hydrogens is 315 g/mol. The van der Waals surface area contributed by atoms with Gasteiger partial charge in [-0.25, -0.2) is 37.3 Å². The van der Waals surface area contributed by atoms with Crippen molar-refractivity contribution in [3.8, 4) is 0 Å². The molecule has 3 rings (SSSR count). The first kappa shape index (κ1) is 21.4. The number of quaternary nitrogens is 2. The lowest BCUT2D eigenvalue weighted by molar-refractivity contribution is -2.00. The molecule has 0 unspecified atom stereocenters. The normalized spacial score (nSPS) is 25.3. The molecule has 11 nitrogen and oxygen atoms in total. The van der Waals surface area contributed by atoms with E-state index < -0.39 is 20.5 Å². The van der Waals surface area contributed by atoms with Gasteiger partial charge in [0.05, 0.1) is 0 Å². The molecule has 13 heteroatoms. The van der Waals surface area contributed by atoms with E-state index in [1.165, 1.54) is 39.3 Å². The van der Waals surface area contributed by atoms with E-state index in [9.17, 15) is 0 Å². The largest absolute Gasteiger partial charge is 0.412 e. The monoisotopic (exact) mass is 330 g/mol. The maximum Gasteiger partial charge on any atom is 0.127 e. The van der Waals surface area contributed by atoms with Gasteiger partial charge in [0.15, 0.2) is 0 Å². The lowest BCUT2D eigenvalue weighted by Crippen LogP contribution is -3.35. The first-order valence-corrected chi connectivity index (χ1v) is 7.32. The molecule has 0 aromatic heterocycles. The van der Waals surface area contributed by atoms with Gasteiger partial charge in [-0.3, -0.25) is 0 Å². The lowest BCUT2D eigenvalue weighted by Gasteiger charge is -2.35. The first-order chi connectivity index (χ1) is 7.95. The van der Waals surface area contributed by atoms with Crippen LogP contribution in [0.2, 0.25) is 0 Å². The van der Waals surface area contributed by atoms with Crippen molar-refractivity contribution in [2.24, 2.45) is 0 Å². The van der Waals surface area contributed by atoms with E-state index in [1.807, 2.05) is 9.80 Å². The highest BCUT2D eigenvalue weighted by atomic mass is 35.7. The Bertz CT molecular complexity index is 179. The molecule has 0 atom stereocenters. The van der Waals surface area contributed by atoms with Gasteiger partial charge in [0.1, 0.15) is 39.3 Å². The van der Waals surface area contributed by atoms with E-state index >= 15 is 0 Å². The summed E-state index contributed by atoms with van der Waals surface area (Å²) >= 11 is 0. The molecular formula is C6H16Cl2N2O9. The number of rotatable bonds is 0. The van der Waals surface area contributed by atoms with Gasteiger partial charge < -0.3 is 15.3 Å². The van der Waals surface area contributed by atoms with Crippen LogP contribution in [0, 0.1) is 20.5 Å². The molecule has 0 spiro atoms. The summed E-state index contributed by atoms with van der Waals surface area (Å²) in [4.78, 5) is 3.69. The smallest absolute Gasteiger partial charge is 0.127 e. The second-order valence-corrected chi connectivity index (χ2v) is 5.27. The van der Waals surface area contributed by atoms with Crippen LogP contribution in [0.5, 0.6) is 0 Å². The summed E-state index contributed by atoms with van der Waals surface area (Å²) in [6, 6.07) is 0. The van der Waals surface area contributed by atoms with Crippen LogP contribution < -0.4 is 47.1 Å². The fourth-order valence-corrected chi connectivity index (χ4v) is 1.81. The summed E-state index contributed by atoms with van der Waals surface area (Å²) in [5, 5.41) is 0. The average Bonchev–Trinajstić information content (AvgIpc) is 2.15. The van der Waals surface area contributed by atoms with Crippen LogP contribution >= 0.6 is 0 Å². The third-order valence-corrected chi connectivity index (χ3v) is 2.50. The van der Waals surface area contributed by atoms with Crippen molar-refractivity contribution in [2.75, 3.05) is 39.3 Å². The zero-order valence-electron chi connectivity index (χ0n) is 9.76. The maximum absolute atomic E-state index is 8.49. The van der Waals surface area contributed by atoms with Gasteiger partial charge in [0.2, 0.25) is 0 Å². The predicted molar refractivity (Wildman–Crippen MR) is 34.7 cm³/mol. The highest BCUT2D eigenvalue weighted by Gasteiger charge is 2.29. The number of nitrogens with one attached hydrogen (secondary N) is 2. The van der Waals surface area contributed by atoms with E-state index in [0.29, 0.717) is 0 Å². The molecule has 3 fully saturated rings. The SMILES string of the molecule is C1C[NH+]2CC[NH+]1CC2.O.[O-][Cl+3]([O-])([O-])[O-].[O-][Cl+3]([O-])([O-])[O-]. The molecule has 2 bridgehead atoms. The van der Waals surface area contributed by atoms with Gasteiger partial charge in [0.25, 0.3) is 0 Å². The Morgan fingerprint density at radius 3 is 0.632 bits per heavy atom. The molecule has 3 saturated heterocycles. The van der Waals surface area contributed by atoms with E-state index in [4.69, 9.17) is 37.3 Å². The Balaban J connectivity index is 0. The molecule has 3 aliphatic rings. The Kier molecular flexibility index (Phi) is 10.3. The summed E-state index contributed by atoms with van der Waals surface area (Å²) in [5.41, 5.74) is 0. The average molecular weight is 331 g/mol. The molecule has 0 aromatic carbocycles. The quantitative estimate of drug-likeness (QED) is 0.432. The summed E-state index contributed by atoms with van der Waals surface area (Å²) in [6.45, 7) is 8.64. The summed E-state index contributed by atoms with van der Waals surface area (Å²) < 4.78 is 67.9. The van der Waals surface area contributed by atoms with Crippen LogP contribution in [-0.4, -0.2) is 44.7 Å². The molecule has 19 heavy (non-hydrogen) atoms. The number of hydrogen-bond acceptors (Lipinski definition) is 8. The van der Waals surface area contributed by atoms with Crippen molar-refractivity contribution in [3.63, 3.8) is 0 Å². The van der Waals surface area contributed by atoms with E-state index in [1.54, 1.807) is 0 Å². The molecule has 0 amide bonds. The Hall–Kier alpha value is 0.140. The van der Waals surface area contributed by atoms with Crippen molar-refractivity contribution >= 4 is 0 Å². The Labute approximate surface area is 113 Å². The van der Waals surface area contributed by atoms with Crippen molar-refractivity contribution in [3.05, 3.63) is 0 Å². The van der Waals surface area contributed by atoms with Gasteiger partial charge in [-0.2, -0.15) is 0 Å². The summed E-state index contributed by atoms with van der Waals surface area (Å²) in [5.74, 6) is 0. The van der Waals surface area contributed by atoms with Crippen LogP contribution in [0.1, 0.15) is 0 Å². The number of fused-ring (bicyclic) bond motifs is 3. The molecule has 3 heterocycles. The van der Waals surface area contributed by atoms with Crippen LogP contribution in [0.15, 0.2) is 0 Å². The Morgan fingerprint density at radius 1 is 0.474 bits per heavy atom. The number of hydrogen-bond donors (Lipinski definition) is 2. The molecule has 0 aliphatic carbocycles. The van der Waals surface area contributed by atoms with Gasteiger partial charge in [-0.05, 0) is 0 Å². The van der Waals surface area contributed by atoms with E-state index in [0.717, 1.165) is 0 Å². The lowest BCUT2D eigenvalue weighted by atomic mass is 10.2. The number of piperazine rings is 3. The van der Waals surface area contributed by atoms with Crippen molar-refractivity contribution in [1.82, 2.24) is 0 Å². The van der Waals surface area contributed by atoms with Gasteiger partial charge in [0, 0.05) is 0 Å². The third-order valence-electron chi connectivity index (χ3n) is 2.50. The van der Waals surface area contributed by atoms with Crippen molar-refractivity contribution in [1.29, 1.82) is 0 Å². The zero-order valence-corrected chi connectivity index (χ0v) is 11.3. The van der Waals surface area contributed by atoms with Crippen molar-refractivity contribution < 1.29 is 73.0 Å². The third kappa shape index (κ3) is 20.6. The van der Waals surface area contributed by atoms with Gasteiger partial charge in [-0.15, -0.1) is 20.5 Å². The minimum Gasteiger partial charge on any atom is -0.412 e. The summed E-state index contributed by atoms with van der Waals surface area (Å²) in [7, 11) is -9.89. The van der Waals surface area contributed by atoms with Crippen LogP contribution in [0.3, 0.4) is 0 Å². The molecule has 0 saturated carbocycles. The molecule has 3 aliphatic heterocycles. The molecule has 118 valence electrons. The minimum atomic E-state index is -4.94. The molecule has 0 aromatic rings. The maximum atomic E-state index is 8.49. The second-order valence-electron chi connectivity index (χ2n) is 3.76.